The fourth-order valence-electron chi connectivity index (χ4n) is 3.03. The Kier molecular flexibility index (Phi) is 5.63. The number of methoxy groups -OCH3 is 2. The number of carbonyl (C=O) groups excluding carboxylic acids is 1. The predicted octanol–water partition coefficient (Wildman–Crippen LogP) is 3.18. The summed E-state index contributed by atoms with van der Waals surface area (Å²) in [6.07, 6.45) is 0. The monoisotopic (exact) mass is 356 g/mol. The van der Waals surface area contributed by atoms with Crippen LogP contribution < -0.4 is 19.7 Å². The summed E-state index contributed by atoms with van der Waals surface area (Å²) in [7, 11) is 3.11. The number of hydrogen-bond acceptors (Lipinski definition) is 5. The van der Waals surface area contributed by atoms with Gasteiger partial charge in [-0.05, 0) is 49.4 Å². The molecule has 1 aliphatic heterocycles. The fraction of sp³-hybridized carbons (Fsp3) is 0.350. The lowest BCUT2D eigenvalue weighted by Crippen LogP contribution is -2.43. The molecular formula is C20H24N2O4. The van der Waals surface area contributed by atoms with Crippen molar-refractivity contribution in [2.24, 2.45) is 0 Å². The second-order valence-corrected chi connectivity index (χ2v) is 6.19. The Labute approximate surface area is 153 Å². The molecule has 1 amide bonds. The van der Waals surface area contributed by atoms with E-state index in [-0.39, 0.29) is 5.91 Å². The lowest BCUT2D eigenvalue weighted by atomic mass is 10.1. The van der Waals surface area contributed by atoms with Crippen molar-refractivity contribution in [3.05, 3.63) is 48.0 Å². The van der Waals surface area contributed by atoms with Crippen LogP contribution in [-0.4, -0.2) is 45.9 Å². The van der Waals surface area contributed by atoms with Gasteiger partial charge in [0.15, 0.2) is 11.5 Å². The largest absolute Gasteiger partial charge is 0.493 e. The van der Waals surface area contributed by atoms with E-state index in [1.807, 2.05) is 24.3 Å². The van der Waals surface area contributed by atoms with Crippen LogP contribution in [0.15, 0.2) is 42.5 Å². The molecule has 2 aromatic carbocycles. The first-order chi connectivity index (χ1) is 12.6. The third-order valence-electron chi connectivity index (χ3n) is 4.47. The predicted molar refractivity (Wildman–Crippen MR) is 102 cm³/mol. The third kappa shape index (κ3) is 3.91. The van der Waals surface area contributed by atoms with Gasteiger partial charge in [0, 0.05) is 29.5 Å². The highest BCUT2D eigenvalue weighted by molar-refractivity contribution is 6.04. The summed E-state index contributed by atoms with van der Waals surface area (Å²) in [5.74, 6) is 0.920. The van der Waals surface area contributed by atoms with Gasteiger partial charge in [-0.25, -0.2) is 0 Å². The zero-order valence-electron chi connectivity index (χ0n) is 15.3. The maximum atomic E-state index is 12.5. The number of morpholine rings is 1. The van der Waals surface area contributed by atoms with Crippen molar-refractivity contribution in [3.8, 4) is 11.5 Å². The molecule has 6 heteroatoms. The van der Waals surface area contributed by atoms with Gasteiger partial charge in [0.1, 0.15) is 0 Å². The number of carbonyl (C=O) groups is 1. The second kappa shape index (κ2) is 8.10. The summed E-state index contributed by atoms with van der Waals surface area (Å²) < 4.78 is 15.9. The van der Waals surface area contributed by atoms with Gasteiger partial charge < -0.3 is 24.4 Å². The molecule has 1 aliphatic rings. The van der Waals surface area contributed by atoms with Crippen LogP contribution in [0.25, 0.3) is 0 Å². The molecule has 1 saturated heterocycles. The summed E-state index contributed by atoms with van der Waals surface area (Å²) in [4.78, 5) is 14.8. The maximum absolute atomic E-state index is 12.5. The Balaban J connectivity index is 1.70. The Morgan fingerprint density at radius 2 is 1.85 bits per heavy atom. The highest BCUT2D eigenvalue weighted by Gasteiger charge is 2.19. The van der Waals surface area contributed by atoms with E-state index in [2.05, 4.69) is 17.1 Å². The summed E-state index contributed by atoms with van der Waals surface area (Å²) in [5, 5.41) is 2.91. The third-order valence-corrected chi connectivity index (χ3v) is 4.47. The fourth-order valence-corrected chi connectivity index (χ4v) is 3.03. The number of nitrogens with zero attached hydrogens (tertiary/aromatic N) is 1. The smallest absolute Gasteiger partial charge is 0.255 e. The molecule has 26 heavy (non-hydrogen) atoms. The number of benzene rings is 2. The van der Waals surface area contributed by atoms with Gasteiger partial charge in [-0.15, -0.1) is 0 Å². The van der Waals surface area contributed by atoms with Crippen LogP contribution in [0.5, 0.6) is 11.5 Å². The van der Waals surface area contributed by atoms with Crippen LogP contribution in [-0.2, 0) is 4.74 Å². The molecule has 0 aliphatic carbocycles. The molecule has 1 N–H and O–H groups in total. The average Bonchev–Trinajstić information content (AvgIpc) is 2.68. The van der Waals surface area contributed by atoms with Crippen LogP contribution >= 0.6 is 0 Å². The lowest BCUT2D eigenvalue weighted by Gasteiger charge is -2.35. The van der Waals surface area contributed by atoms with Crippen LogP contribution in [0, 0.1) is 0 Å². The minimum Gasteiger partial charge on any atom is -0.493 e. The second-order valence-electron chi connectivity index (χ2n) is 6.19. The average molecular weight is 356 g/mol. The van der Waals surface area contributed by atoms with E-state index in [1.165, 1.54) is 0 Å². The molecule has 0 bridgehead atoms. The number of anilines is 2. The molecule has 138 valence electrons. The molecule has 3 rings (SSSR count). The molecular weight excluding hydrogens is 332 g/mol. The van der Waals surface area contributed by atoms with E-state index in [9.17, 15) is 4.79 Å². The summed E-state index contributed by atoms with van der Waals surface area (Å²) in [6, 6.07) is 13.3. The van der Waals surface area contributed by atoms with Crippen molar-refractivity contribution in [1.29, 1.82) is 0 Å². The molecule has 0 spiro atoms. The van der Waals surface area contributed by atoms with Gasteiger partial charge in [-0.1, -0.05) is 0 Å². The number of nitrogens with one attached hydrogen (secondary N) is 1. The highest BCUT2D eigenvalue weighted by atomic mass is 16.5. The molecule has 1 unspecified atom stereocenters. The highest BCUT2D eigenvalue weighted by Crippen LogP contribution is 2.28. The quantitative estimate of drug-likeness (QED) is 0.892. The topological polar surface area (TPSA) is 60.0 Å². The van der Waals surface area contributed by atoms with Gasteiger partial charge in [0.05, 0.1) is 27.4 Å². The van der Waals surface area contributed by atoms with E-state index in [4.69, 9.17) is 14.2 Å². The first-order valence-corrected chi connectivity index (χ1v) is 8.60. The van der Waals surface area contributed by atoms with Gasteiger partial charge >= 0.3 is 0 Å². The first-order valence-electron chi connectivity index (χ1n) is 8.60. The van der Waals surface area contributed by atoms with E-state index >= 15 is 0 Å². The molecule has 0 radical (unpaired) electrons. The van der Waals surface area contributed by atoms with Crippen LogP contribution in [0.1, 0.15) is 17.3 Å². The van der Waals surface area contributed by atoms with E-state index in [0.717, 1.165) is 31.1 Å². The standard InChI is InChI=1S/C20H24N2O4/c1-14-13-26-11-10-22(14)17-7-5-16(6-8-17)21-20(23)15-4-9-18(24-2)19(12-15)25-3/h4-9,12,14H,10-11,13H2,1-3H3,(H,21,23). The van der Waals surface area contributed by atoms with Gasteiger partial charge in [0.25, 0.3) is 5.91 Å². The van der Waals surface area contributed by atoms with Crippen molar-refractivity contribution in [2.45, 2.75) is 13.0 Å². The van der Waals surface area contributed by atoms with Crippen LogP contribution in [0.3, 0.4) is 0 Å². The van der Waals surface area contributed by atoms with Crippen molar-refractivity contribution >= 4 is 17.3 Å². The molecule has 6 nitrogen and oxygen atoms in total. The number of amides is 1. The lowest BCUT2D eigenvalue weighted by molar-refractivity contribution is 0.0989. The van der Waals surface area contributed by atoms with E-state index < -0.39 is 0 Å². The summed E-state index contributed by atoms with van der Waals surface area (Å²) in [6.45, 7) is 4.49. The van der Waals surface area contributed by atoms with E-state index in [0.29, 0.717) is 23.1 Å². The number of hydrogen-bond donors (Lipinski definition) is 1. The summed E-state index contributed by atoms with van der Waals surface area (Å²) >= 11 is 0. The van der Waals surface area contributed by atoms with Crippen molar-refractivity contribution in [3.63, 3.8) is 0 Å². The Hall–Kier alpha value is -2.73. The van der Waals surface area contributed by atoms with Crippen molar-refractivity contribution < 1.29 is 19.0 Å². The molecule has 1 atom stereocenters. The Morgan fingerprint density at radius 1 is 1.12 bits per heavy atom. The van der Waals surface area contributed by atoms with Crippen molar-refractivity contribution in [1.82, 2.24) is 0 Å². The first kappa shape index (κ1) is 18.1. The summed E-state index contributed by atoms with van der Waals surface area (Å²) in [5.41, 5.74) is 2.38. The van der Waals surface area contributed by atoms with Gasteiger partial charge in [0.2, 0.25) is 0 Å². The zero-order valence-corrected chi connectivity index (χ0v) is 15.3. The zero-order chi connectivity index (χ0) is 18.5. The normalized spacial score (nSPS) is 16.9. The molecule has 0 saturated carbocycles. The molecule has 2 aromatic rings. The van der Waals surface area contributed by atoms with Crippen LogP contribution in [0.4, 0.5) is 11.4 Å². The molecule has 0 aromatic heterocycles. The van der Waals surface area contributed by atoms with Gasteiger partial charge in [-0.2, -0.15) is 0 Å². The maximum Gasteiger partial charge on any atom is 0.255 e. The number of rotatable bonds is 5. The Bertz CT molecular complexity index is 761. The number of ether oxygens (including phenoxy) is 3. The molecule has 1 fully saturated rings. The minimum absolute atomic E-state index is 0.196. The van der Waals surface area contributed by atoms with Crippen LogP contribution in [0.2, 0.25) is 0 Å². The molecule has 1 heterocycles. The van der Waals surface area contributed by atoms with Crippen molar-refractivity contribution in [2.75, 3.05) is 44.2 Å². The minimum atomic E-state index is -0.196. The SMILES string of the molecule is COc1ccc(C(=O)Nc2ccc(N3CCOCC3C)cc2)cc1OC. The van der Waals surface area contributed by atoms with Gasteiger partial charge in [-0.3, -0.25) is 4.79 Å². The van der Waals surface area contributed by atoms with E-state index in [1.54, 1.807) is 32.4 Å². The Morgan fingerprint density at radius 3 is 2.50 bits per heavy atom.